The molecule has 3 amide bonds. The Bertz CT molecular complexity index is 1250. The van der Waals surface area contributed by atoms with Crippen LogP contribution in [0.1, 0.15) is 47.8 Å². The van der Waals surface area contributed by atoms with E-state index in [0.29, 0.717) is 35.4 Å². The number of nitrogens with one attached hydrogen (secondary N) is 2. The predicted molar refractivity (Wildman–Crippen MR) is 121 cm³/mol. The fraction of sp³-hybridized carbons (Fsp3) is 0.360. The van der Waals surface area contributed by atoms with Crippen LogP contribution in [0.3, 0.4) is 0 Å². The first kappa shape index (κ1) is 25.5. The molecule has 0 aliphatic carbocycles. The number of amides is 3. The van der Waals surface area contributed by atoms with Crippen LogP contribution >= 0.6 is 0 Å². The number of hydrogen-bond acceptors (Lipinski definition) is 3. The normalized spacial score (nSPS) is 16.9. The lowest BCUT2D eigenvalue weighted by atomic mass is 9.87. The Hall–Kier alpha value is -3.63. The zero-order chi connectivity index (χ0) is 26.5. The fourth-order valence-corrected chi connectivity index (χ4v) is 4.38. The Morgan fingerprint density at radius 3 is 2.39 bits per heavy atom. The number of halogens is 5. The minimum absolute atomic E-state index is 0.0437. The minimum Gasteiger partial charge on any atom is -0.483 e. The van der Waals surface area contributed by atoms with Gasteiger partial charge in [0.1, 0.15) is 11.4 Å². The van der Waals surface area contributed by atoms with Gasteiger partial charge in [-0.15, -0.1) is 0 Å². The molecule has 0 bridgehead atoms. The van der Waals surface area contributed by atoms with E-state index in [2.05, 4.69) is 10.6 Å². The lowest BCUT2D eigenvalue weighted by Gasteiger charge is -2.40. The van der Waals surface area contributed by atoms with E-state index in [-0.39, 0.29) is 30.1 Å². The van der Waals surface area contributed by atoms with Crippen LogP contribution in [0.4, 0.5) is 26.7 Å². The third-order valence-corrected chi connectivity index (χ3v) is 6.19. The molecule has 0 saturated carbocycles. The second-order valence-corrected chi connectivity index (χ2v) is 8.98. The number of carbonyl (C=O) groups is 2. The quantitative estimate of drug-likeness (QED) is 0.545. The van der Waals surface area contributed by atoms with Crippen LogP contribution in [0.15, 0.2) is 48.0 Å². The molecule has 0 fully saturated rings. The fourth-order valence-electron chi connectivity index (χ4n) is 4.38. The molecular formula is C25H24F5N3O3. The Labute approximate surface area is 204 Å². The highest BCUT2D eigenvalue weighted by molar-refractivity contribution is 6.04. The molecule has 2 N–H and O–H groups in total. The van der Waals surface area contributed by atoms with Crippen LogP contribution in [0, 0.1) is 0 Å². The maximum absolute atomic E-state index is 14.3. The lowest BCUT2D eigenvalue weighted by Crippen LogP contribution is -2.45. The summed E-state index contributed by atoms with van der Waals surface area (Å²) in [7, 11) is 0. The van der Waals surface area contributed by atoms with Gasteiger partial charge in [0.25, 0.3) is 5.91 Å². The van der Waals surface area contributed by atoms with Gasteiger partial charge in [0.15, 0.2) is 0 Å². The molecule has 192 valence electrons. The van der Waals surface area contributed by atoms with Gasteiger partial charge in [-0.1, -0.05) is 18.2 Å². The smallest absolute Gasteiger partial charge is 0.458 e. The van der Waals surface area contributed by atoms with Crippen molar-refractivity contribution in [3.63, 3.8) is 0 Å². The van der Waals surface area contributed by atoms with Crippen molar-refractivity contribution in [2.45, 2.75) is 45.0 Å². The first-order chi connectivity index (χ1) is 16.8. The van der Waals surface area contributed by atoms with E-state index in [1.165, 1.54) is 4.90 Å². The van der Waals surface area contributed by atoms with Crippen LogP contribution in [-0.4, -0.2) is 41.7 Å². The van der Waals surface area contributed by atoms with Gasteiger partial charge in [0, 0.05) is 35.4 Å². The number of alkyl halides is 5. The topological polar surface area (TPSA) is 70.7 Å². The summed E-state index contributed by atoms with van der Waals surface area (Å²) in [4.78, 5) is 26.8. The summed E-state index contributed by atoms with van der Waals surface area (Å²) in [6, 6.07) is 8.67. The number of fused-ring (bicyclic) bond motifs is 2. The summed E-state index contributed by atoms with van der Waals surface area (Å²) in [6.45, 7) is 5.32. The first-order valence-electron chi connectivity index (χ1n) is 11.2. The van der Waals surface area contributed by atoms with Gasteiger partial charge < -0.3 is 20.3 Å². The molecule has 2 aliphatic heterocycles. The Morgan fingerprint density at radius 1 is 1.06 bits per heavy atom. The second-order valence-electron chi connectivity index (χ2n) is 8.98. The summed E-state index contributed by atoms with van der Waals surface area (Å²) < 4.78 is 74.0. The van der Waals surface area contributed by atoms with Crippen molar-refractivity contribution >= 4 is 17.6 Å². The van der Waals surface area contributed by atoms with Crippen molar-refractivity contribution in [3.05, 3.63) is 70.3 Å². The number of carbonyl (C=O) groups excluding carboxylic acids is 2. The number of rotatable bonds is 5. The van der Waals surface area contributed by atoms with Gasteiger partial charge in [0.2, 0.25) is 0 Å². The van der Waals surface area contributed by atoms with E-state index in [1.807, 2.05) is 0 Å². The molecule has 0 aromatic heterocycles. The average Bonchev–Trinajstić information content (AvgIpc) is 3.12. The molecule has 36 heavy (non-hydrogen) atoms. The van der Waals surface area contributed by atoms with Gasteiger partial charge in [-0.3, -0.25) is 4.79 Å². The molecule has 0 saturated heterocycles. The highest BCUT2D eigenvalue weighted by Crippen LogP contribution is 2.49. The maximum Gasteiger partial charge on any atom is 0.458 e. The molecule has 2 aliphatic rings. The van der Waals surface area contributed by atoms with Crippen molar-refractivity contribution in [1.29, 1.82) is 0 Å². The average molecular weight is 509 g/mol. The maximum atomic E-state index is 14.3. The van der Waals surface area contributed by atoms with Gasteiger partial charge >= 0.3 is 18.1 Å². The van der Waals surface area contributed by atoms with E-state index in [0.717, 1.165) is 6.07 Å². The molecule has 2 aromatic rings. The molecule has 0 atom stereocenters. The van der Waals surface area contributed by atoms with Crippen LogP contribution in [0.2, 0.25) is 0 Å². The van der Waals surface area contributed by atoms with Gasteiger partial charge in [-0.25, -0.2) is 4.79 Å². The monoisotopic (exact) mass is 509 g/mol. The largest absolute Gasteiger partial charge is 0.483 e. The predicted octanol–water partition coefficient (Wildman–Crippen LogP) is 5.20. The molecular weight excluding hydrogens is 485 g/mol. The SMILES string of the molecule is CCNC(=O)NCC1=C(N2Cc3ccccc3C2=O)c2cc(C(F)(F)C(F)(F)F)ccc2OC1(C)C. The molecule has 2 aromatic carbocycles. The summed E-state index contributed by atoms with van der Waals surface area (Å²) in [5, 5.41) is 5.21. The van der Waals surface area contributed by atoms with Crippen LogP contribution in [0.5, 0.6) is 5.75 Å². The summed E-state index contributed by atoms with van der Waals surface area (Å²) in [5.41, 5.74) is -0.976. The van der Waals surface area contributed by atoms with Crippen LogP contribution in [-0.2, 0) is 12.5 Å². The van der Waals surface area contributed by atoms with E-state index < -0.39 is 35.2 Å². The van der Waals surface area contributed by atoms with Gasteiger partial charge in [0.05, 0.1) is 12.2 Å². The molecule has 0 unspecified atom stereocenters. The summed E-state index contributed by atoms with van der Waals surface area (Å²) in [5.74, 6) is -5.52. The number of nitrogens with zero attached hydrogens (tertiary/aromatic N) is 1. The standard InChI is InChI=1S/C25H24F5N3O3/c1-4-31-22(35)32-12-18-20(33-13-14-7-5-6-8-16(14)21(33)34)17-11-15(24(26,27)25(28,29)30)9-10-19(17)36-23(18,2)3/h5-11H,4,12-13H2,1-3H3,(H2,31,32,35). The molecule has 4 rings (SSSR count). The highest BCUT2D eigenvalue weighted by Gasteiger charge is 2.59. The zero-order valence-corrected chi connectivity index (χ0v) is 19.7. The summed E-state index contributed by atoms with van der Waals surface area (Å²) >= 11 is 0. The Balaban J connectivity index is 1.91. The third kappa shape index (κ3) is 4.27. The molecule has 0 spiro atoms. The summed E-state index contributed by atoms with van der Waals surface area (Å²) in [6.07, 6.45) is -5.82. The number of urea groups is 1. The number of benzene rings is 2. The van der Waals surface area contributed by atoms with E-state index in [9.17, 15) is 31.5 Å². The molecule has 6 nitrogen and oxygen atoms in total. The lowest BCUT2D eigenvalue weighted by molar-refractivity contribution is -0.289. The van der Waals surface area contributed by atoms with Crippen LogP contribution < -0.4 is 15.4 Å². The van der Waals surface area contributed by atoms with Crippen molar-refractivity contribution < 1.29 is 36.3 Å². The van der Waals surface area contributed by atoms with Gasteiger partial charge in [-0.2, -0.15) is 22.0 Å². The molecule has 0 radical (unpaired) electrons. The van der Waals surface area contributed by atoms with Crippen molar-refractivity contribution in [3.8, 4) is 5.75 Å². The van der Waals surface area contributed by atoms with E-state index in [1.54, 1.807) is 45.0 Å². The van der Waals surface area contributed by atoms with Gasteiger partial charge in [-0.05, 0) is 50.6 Å². The minimum atomic E-state index is -5.82. The highest BCUT2D eigenvalue weighted by atomic mass is 19.4. The first-order valence-corrected chi connectivity index (χ1v) is 11.2. The second kappa shape index (κ2) is 8.79. The van der Waals surface area contributed by atoms with Crippen molar-refractivity contribution in [2.75, 3.05) is 13.1 Å². The van der Waals surface area contributed by atoms with Crippen LogP contribution in [0.25, 0.3) is 5.70 Å². The Kier molecular flexibility index (Phi) is 6.22. The third-order valence-electron chi connectivity index (χ3n) is 6.19. The van der Waals surface area contributed by atoms with E-state index in [4.69, 9.17) is 4.74 Å². The molecule has 2 heterocycles. The zero-order valence-electron chi connectivity index (χ0n) is 19.7. The van der Waals surface area contributed by atoms with E-state index >= 15 is 0 Å². The Morgan fingerprint density at radius 2 is 1.75 bits per heavy atom. The number of hydrogen-bond donors (Lipinski definition) is 2. The van der Waals surface area contributed by atoms with Crippen molar-refractivity contribution in [1.82, 2.24) is 15.5 Å². The van der Waals surface area contributed by atoms with Crippen molar-refractivity contribution in [2.24, 2.45) is 0 Å². The molecule has 11 heteroatoms. The number of ether oxygens (including phenoxy) is 1.